The molecule has 28 heavy (non-hydrogen) atoms. The smallest absolute Gasteiger partial charge is 0.338 e. The topological polar surface area (TPSA) is 81.7 Å². The molecule has 1 unspecified atom stereocenters. The number of nitrogens with one attached hydrogen (secondary N) is 1. The average Bonchev–Trinajstić information content (AvgIpc) is 3.14. The maximum absolute atomic E-state index is 12.5. The fraction of sp³-hybridized carbons (Fsp3) is 0.250. The Morgan fingerprint density at radius 2 is 2.07 bits per heavy atom. The molecule has 2 aromatic rings. The van der Waals surface area contributed by atoms with Gasteiger partial charge in [-0.25, -0.2) is 4.79 Å². The first kappa shape index (κ1) is 20.1. The van der Waals surface area contributed by atoms with Gasteiger partial charge >= 0.3 is 5.97 Å². The van der Waals surface area contributed by atoms with Crippen LogP contribution in [0, 0.1) is 0 Å². The summed E-state index contributed by atoms with van der Waals surface area (Å²) in [6, 6.07) is 8.56. The van der Waals surface area contributed by atoms with Gasteiger partial charge in [-0.15, -0.1) is 11.3 Å². The second-order valence-electron chi connectivity index (χ2n) is 6.23. The summed E-state index contributed by atoms with van der Waals surface area (Å²) in [6.45, 7) is 3.38. The van der Waals surface area contributed by atoms with Gasteiger partial charge in [0.1, 0.15) is 12.4 Å². The monoisotopic (exact) mass is 419 g/mol. The predicted octanol–water partition coefficient (Wildman–Crippen LogP) is 3.63. The van der Waals surface area contributed by atoms with Gasteiger partial charge < -0.3 is 14.8 Å². The molecule has 6 nitrogen and oxygen atoms in total. The van der Waals surface area contributed by atoms with Crippen LogP contribution in [-0.2, 0) is 20.9 Å². The highest BCUT2D eigenvalue weighted by Gasteiger charge is 2.25. The van der Waals surface area contributed by atoms with E-state index < -0.39 is 12.1 Å². The zero-order valence-electron chi connectivity index (χ0n) is 15.3. The van der Waals surface area contributed by atoms with Gasteiger partial charge in [-0.1, -0.05) is 11.6 Å². The lowest BCUT2D eigenvalue weighted by atomic mass is 10.1. The molecule has 8 heteroatoms. The van der Waals surface area contributed by atoms with Crippen molar-refractivity contribution in [3.8, 4) is 5.75 Å². The zero-order chi connectivity index (χ0) is 20.3. The van der Waals surface area contributed by atoms with Crippen molar-refractivity contribution in [1.82, 2.24) is 5.32 Å². The SMILES string of the molecule is CC(=O)NCc1ccc(C(=O)C(C)OC(=O)C2=Cc3cc(Cl)ccc3OC2)s1. The van der Waals surface area contributed by atoms with Gasteiger partial charge in [-0.3, -0.25) is 9.59 Å². The number of ketones is 1. The predicted molar refractivity (Wildman–Crippen MR) is 107 cm³/mol. The third kappa shape index (κ3) is 4.79. The van der Waals surface area contributed by atoms with Crippen molar-refractivity contribution in [3.63, 3.8) is 0 Å². The molecule has 0 saturated heterocycles. The molecule has 0 bridgehead atoms. The molecule has 0 spiro atoms. The molecule has 1 aliphatic heterocycles. The minimum Gasteiger partial charge on any atom is -0.488 e. The van der Waals surface area contributed by atoms with Crippen LogP contribution in [0.2, 0.25) is 5.02 Å². The van der Waals surface area contributed by atoms with Crippen molar-refractivity contribution >= 4 is 46.7 Å². The van der Waals surface area contributed by atoms with E-state index in [-0.39, 0.29) is 18.3 Å². The average molecular weight is 420 g/mol. The van der Waals surface area contributed by atoms with Gasteiger partial charge in [0.25, 0.3) is 0 Å². The Morgan fingerprint density at radius 3 is 2.82 bits per heavy atom. The highest BCUT2D eigenvalue weighted by atomic mass is 35.5. The normalized spacial score (nSPS) is 13.6. The summed E-state index contributed by atoms with van der Waals surface area (Å²) in [5.41, 5.74) is 0.998. The Kier molecular flexibility index (Phi) is 6.16. The summed E-state index contributed by atoms with van der Waals surface area (Å²) < 4.78 is 10.9. The van der Waals surface area contributed by atoms with Gasteiger partial charge in [-0.05, 0) is 43.3 Å². The van der Waals surface area contributed by atoms with E-state index in [0.29, 0.717) is 33.3 Å². The largest absolute Gasteiger partial charge is 0.488 e. The van der Waals surface area contributed by atoms with Gasteiger partial charge in [-0.2, -0.15) is 0 Å². The molecule has 1 aliphatic rings. The van der Waals surface area contributed by atoms with Crippen molar-refractivity contribution in [1.29, 1.82) is 0 Å². The van der Waals surface area contributed by atoms with Crippen LogP contribution in [0.15, 0.2) is 35.9 Å². The van der Waals surface area contributed by atoms with E-state index in [4.69, 9.17) is 21.1 Å². The molecule has 1 N–H and O–H groups in total. The molecule has 0 aliphatic carbocycles. The lowest BCUT2D eigenvalue weighted by Gasteiger charge is -2.18. The van der Waals surface area contributed by atoms with Crippen molar-refractivity contribution < 1.29 is 23.9 Å². The number of hydrogen-bond donors (Lipinski definition) is 1. The second kappa shape index (κ2) is 8.58. The maximum Gasteiger partial charge on any atom is 0.338 e. The molecule has 1 aromatic carbocycles. The Morgan fingerprint density at radius 1 is 1.29 bits per heavy atom. The Hall–Kier alpha value is -2.64. The Labute approximate surface area is 171 Å². The third-order valence-corrected chi connectivity index (χ3v) is 5.35. The number of carbonyl (C=O) groups is 3. The molecule has 0 saturated carbocycles. The first-order valence-corrected chi connectivity index (χ1v) is 9.74. The fourth-order valence-electron chi connectivity index (χ4n) is 2.57. The quantitative estimate of drug-likeness (QED) is 0.571. The number of hydrogen-bond acceptors (Lipinski definition) is 6. The van der Waals surface area contributed by atoms with Crippen LogP contribution in [0.4, 0.5) is 0 Å². The molecule has 0 fully saturated rings. The summed E-state index contributed by atoms with van der Waals surface area (Å²) >= 11 is 7.23. The van der Waals surface area contributed by atoms with Crippen LogP contribution in [0.1, 0.15) is 34.0 Å². The summed E-state index contributed by atoms with van der Waals surface area (Å²) in [5.74, 6) is -0.417. The van der Waals surface area contributed by atoms with Crippen LogP contribution in [0.25, 0.3) is 6.08 Å². The number of fused-ring (bicyclic) bond motifs is 1. The molecular formula is C20H18ClNO5S. The number of halogens is 1. The van der Waals surface area contributed by atoms with E-state index in [9.17, 15) is 14.4 Å². The maximum atomic E-state index is 12.5. The van der Waals surface area contributed by atoms with E-state index in [1.54, 1.807) is 36.4 Å². The van der Waals surface area contributed by atoms with E-state index in [0.717, 1.165) is 4.88 Å². The van der Waals surface area contributed by atoms with Gasteiger partial charge in [0.05, 0.1) is 17.0 Å². The molecular weight excluding hydrogens is 402 g/mol. The van der Waals surface area contributed by atoms with Gasteiger partial charge in [0.15, 0.2) is 6.10 Å². The zero-order valence-corrected chi connectivity index (χ0v) is 16.9. The summed E-state index contributed by atoms with van der Waals surface area (Å²) in [4.78, 5) is 37.2. The van der Waals surface area contributed by atoms with Crippen LogP contribution < -0.4 is 10.1 Å². The number of esters is 1. The van der Waals surface area contributed by atoms with Crippen molar-refractivity contribution in [2.24, 2.45) is 0 Å². The van der Waals surface area contributed by atoms with E-state index in [2.05, 4.69) is 5.32 Å². The molecule has 0 radical (unpaired) electrons. The van der Waals surface area contributed by atoms with Crippen LogP contribution in [0.3, 0.4) is 0 Å². The number of amides is 1. The summed E-state index contributed by atoms with van der Waals surface area (Å²) in [6.07, 6.45) is 0.711. The second-order valence-corrected chi connectivity index (χ2v) is 7.83. The number of benzene rings is 1. The van der Waals surface area contributed by atoms with Crippen molar-refractivity contribution in [3.05, 3.63) is 56.2 Å². The first-order chi connectivity index (χ1) is 13.3. The number of Topliss-reactive ketones (excluding diaryl/α,β-unsaturated/α-hetero) is 1. The van der Waals surface area contributed by atoms with Gasteiger partial charge in [0, 0.05) is 22.4 Å². The standard InChI is InChI=1S/C20H18ClNO5S/c1-11(19(24)18-6-4-16(28-18)9-22-12(2)23)27-20(25)14-7-13-8-15(21)3-5-17(13)26-10-14/h3-8,11H,9-10H2,1-2H3,(H,22,23). The number of rotatable bonds is 6. The lowest BCUT2D eigenvalue weighted by molar-refractivity contribution is -0.142. The molecule has 146 valence electrons. The molecule has 1 aromatic heterocycles. The summed E-state index contributed by atoms with van der Waals surface area (Å²) in [7, 11) is 0. The van der Waals surface area contributed by atoms with E-state index in [1.807, 2.05) is 0 Å². The highest BCUT2D eigenvalue weighted by molar-refractivity contribution is 7.14. The minimum absolute atomic E-state index is 0.0637. The van der Waals surface area contributed by atoms with Crippen LogP contribution in [0.5, 0.6) is 5.75 Å². The molecule has 2 heterocycles. The fourth-order valence-corrected chi connectivity index (χ4v) is 3.72. The molecule has 1 amide bonds. The number of carbonyl (C=O) groups excluding carboxylic acids is 3. The Balaban J connectivity index is 1.64. The number of ether oxygens (including phenoxy) is 2. The van der Waals surface area contributed by atoms with Crippen LogP contribution >= 0.6 is 22.9 Å². The van der Waals surface area contributed by atoms with E-state index >= 15 is 0 Å². The van der Waals surface area contributed by atoms with Crippen LogP contribution in [-0.4, -0.2) is 30.4 Å². The summed E-state index contributed by atoms with van der Waals surface area (Å²) in [5, 5.41) is 3.21. The van der Waals surface area contributed by atoms with Gasteiger partial charge in [0.2, 0.25) is 11.7 Å². The third-order valence-electron chi connectivity index (χ3n) is 4.02. The molecule has 1 atom stereocenters. The first-order valence-electron chi connectivity index (χ1n) is 8.54. The van der Waals surface area contributed by atoms with E-state index in [1.165, 1.54) is 25.2 Å². The highest BCUT2D eigenvalue weighted by Crippen LogP contribution is 2.29. The minimum atomic E-state index is -0.943. The Bertz CT molecular complexity index is 965. The number of thiophene rings is 1. The van der Waals surface area contributed by atoms with Crippen molar-refractivity contribution in [2.45, 2.75) is 26.5 Å². The lowest BCUT2D eigenvalue weighted by Crippen LogP contribution is -2.26. The molecule has 3 rings (SSSR count). The van der Waals surface area contributed by atoms with Crippen molar-refractivity contribution in [2.75, 3.05) is 6.61 Å².